The van der Waals surface area contributed by atoms with Gasteiger partial charge in [-0.05, 0) is 30.0 Å². The fourth-order valence-corrected chi connectivity index (χ4v) is 2.79. The lowest BCUT2D eigenvalue weighted by molar-refractivity contribution is 0.352. The Morgan fingerprint density at radius 1 is 1.28 bits per heavy atom. The molecule has 1 aromatic carbocycles. The van der Waals surface area contributed by atoms with Crippen molar-refractivity contribution < 1.29 is 4.74 Å². The maximum absolute atomic E-state index is 5.53. The minimum absolute atomic E-state index is 0.588. The van der Waals surface area contributed by atoms with Gasteiger partial charge < -0.3 is 10.1 Å². The Hall–Kier alpha value is -1.02. The molecular weight excluding hydrogens is 222 g/mol. The van der Waals surface area contributed by atoms with Crippen LogP contribution >= 0.6 is 0 Å². The quantitative estimate of drug-likeness (QED) is 0.830. The highest BCUT2D eigenvalue weighted by Gasteiger charge is 2.14. The number of rotatable bonds is 6. The van der Waals surface area contributed by atoms with Gasteiger partial charge in [-0.3, -0.25) is 0 Å². The number of benzene rings is 1. The zero-order valence-corrected chi connectivity index (χ0v) is 11.8. The zero-order valence-electron chi connectivity index (χ0n) is 11.8. The minimum Gasteiger partial charge on any atom is -0.493 e. The molecule has 100 valence electrons. The van der Waals surface area contributed by atoms with Crippen LogP contribution in [-0.4, -0.2) is 12.6 Å². The first-order valence-corrected chi connectivity index (χ1v) is 7.22. The molecule has 1 aliphatic rings. The van der Waals surface area contributed by atoms with Crippen molar-refractivity contribution in [2.24, 2.45) is 5.92 Å². The molecule has 0 fully saturated rings. The average molecular weight is 247 g/mol. The van der Waals surface area contributed by atoms with Crippen molar-refractivity contribution in [2.75, 3.05) is 6.61 Å². The van der Waals surface area contributed by atoms with Gasteiger partial charge >= 0.3 is 0 Å². The molecule has 0 saturated heterocycles. The van der Waals surface area contributed by atoms with Crippen LogP contribution in [0.3, 0.4) is 0 Å². The van der Waals surface area contributed by atoms with E-state index in [9.17, 15) is 0 Å². The van der Waals surface area contributed by atoms with Gasteiger partial charge in [-0.2, -0.15) is 0 Å². The largest absolute Gasteiger partial charge is 0.493 e. The van der Waals surface area contributed by atoms with Crippen LogP contribution in [-0.2, 0) is 13.0 Å². The van der Waals surface area contributed by atoms with Crippen LogP contribution < -0.4 is 10.1 Å². The predicted molar refractivity (Wildman–Crippen MR) is 76.0 cm³/mol. The molecule has 0 amide bonds. The van der Waals surface area contributed by atoms with Gasteiger partial charge in [-0.1, -0.05) is 38.8 Å². The summed E-state index contributed by atoms with van der Waals surface area (Å²) in [4.78, 5) is 0. The van der Waals surface area contributed by atoms with Crippen molar-refractivity contribution >= 4 is 0 Å². The molecule has 1 N–H and O–H groups in total. The summed E-state index contributed by atoms with van der Waals surface area (Å²) in [5, 5.41) is 3.65. The fraction of sp³-hybridized carbons (Fsp3) is 0.625. The molecule has 2 rings (SSSR count). The van der Waals surface area contributed by atoms with Crippen molar-refractivity contribution in [1.82, 2.24) is 5.32 Å². The molecule has 0 aromatic heterocycles. The number of hydrogen-bond donors (Lipinski definition) is 1. The molecule has 0 radical (unpaired) electrons. The highest BCUT2D eigenvalue weighted by atomic mass is 16.5. The monoisotopic (exact) mass is 247 g/mol. The third-order valence-corrected chi connectivity index (χ3v) is 4.14. The van der Waals surface area contributed by atoms with Gasteiger partial charge in [0.15, 0.2) is 0 Å². The zero-order chi connectivity index (χ0) is 13.0. The third-order valence-electron chi connectivity index (χ3n) is 4.14. The van der Waals surface area contributed by atoms with E-state index in [2.05, 4.69) is 44.3 Å². The second-order valence-corrected chi connectivity index (χ2v) is 5.29. The molecule has 0 aliphatic carbocycles. The molecule has 0 saturated carbocycles. The van der Waals surface area contributed by atoms with E-state index in [1.165, 1.54) is 24.0 Å². The van der Waals surface area contributed by atoms with E-state index in [1.807, 2.05) is 0 Å². The van der Waals surface area contributed by atoms with Crippen LogP contribution in [0.2, 0.25) is 0 Å². The molecule has 1 aliphatic heterocycles. The highest BCUT2D eigenvalue weighted by molar-refractivity contribution is 5.39. The first-order valence-electron chi connectivity index (χ1n) is 7.22. The Bertz CT molecular complexity index is 385. The van der Waals surface area contributed by atoms with E-state index in [0.717, 1.165) is 31.2 Å². The van der Waals surface area contributed by atoms with Crippen LogP contribution in [0, 0.1) is 5.92 Å². The molecule has 1 aromatic rings. The molecule has 1 atom stereocenters. The summed E-state index contributed by atoms with van der Waals surface area (Å²) in [6, 6.07) is 7.16. The Kier molecular flexibility index (Phi) is 4.65. The summed E-state index contributed by atoms with van der Waals surface area (Å²) < 4.78 is 5.53. The molecule has 1 heterocycles. The van der Waals surface area contributed by atoms with Gasteiger partial charge in [0, 0.05) is 19.0 Å². The lowest BCUT2D eigenvalue weighted by atomic mass is 9.95. The SMILES string of the molecule is CCC(CC)C(C)NCc1ccc2c(c1)CCO2. The number of hydrogen-bond acceptors (Lipinski definition) is 2. The summed E-state index contributed by atoms with van der Waals surface area (Å²) >= 11 is 0. The lowest BCUT2D eigenvalue weighted by Crippen LogP contribution is -2.32. The summed E-state index contributed by atoms with van der Waals surface area (Å²) in [5.74, 6) is 1.86. The molecule has 18 heavy (non-hydrogen) atoms. The van der Waals surface area contributed by atoms with Crippen molar-refractivity contribution in [3.8, 4) is 5.75 Å². The minimum atomic E-state index is 0.588. The number of ether oxygens (including phenoxy) is 1. The van der Waals surface area contributed by atoms with E-state index < -0.39 is 0 Å². The summed E-state index contributed by atoms with van der Waals surface area (Å²) in [5.41, 5.74) is 2.74. The summed E-state index contributed by atoms with van der Waals surface area (Å²) in [6.07, 6.45) is 3.57. The average Bonchev–Trinajstić information content (AvgIpc) is 2.85. The standard InChI is InChI=1S/C16H25NO/c1-4-14(5-2)12(3)17-11-13-6-7-16-15(10-13)8-9-18-16/h6-7,10,12,14,17H,4-5,8-9,11H2,1-3H3. The van der Waals surface area contributed by atoms with Crippen molar-refractivity contribution in [2.45, 2.75) is 52.6 Å². The van der Waals surface area contributed by atoms with Crippen LogP contribution in [0.15, 0.2) is 18.2 Å². The maximum atomic E-state index is 5.53. The van der Waals surface area contributed by atoms with Gasteiger partial charge in [0.25, 0.3) is 0 Å². The maximum Gasteiger partial charge on any atom is 0.122 e. The topological polar surface area (TPSA) is 21.3 Å². The first kappa shape index (κ1) is 13.4. The molecule has 2 heteroatoms. The van der Waals surface area contributed by atoms with Crippen LogP contribution in [0.4, 0.5) is 0 Å². The van der Waals surface area contributed by atoms with Crippen LogP contribution in [0.1, 0.15) is 44.7 Å². The number of nitrogens with one attached hydrogen (secondary N) is 1. The number of fused-ring (bicyclic) bond motifs is 1. The smallest absolute Gasteiger partial charge is 0.122 e. The lowest BCUT2D eigenvalue weighted by Gasteiger charge is -2.22. The Labute approximate surface area is 111 Å². The van der Waals surface area contributed by atoms with Crippen LogP contribution in [0.25, 0.3) is 0 Å². The van der Waals surface area contributed by atoms with E-state index in [4.69, 9.17) is 4.74 Å². The van der Waals surface area contributed by atoms with E-state index in [0.29, 0.717) is 6.04 Å². The second-order valence-electron chi connectivity index (χ2n) is 5.29. The predicted octanol–water partition coefficient (Wildman–Crippen LogP) is 3.54. The first-order chi connectivity index (χ1) is 8.74. The molecule has 2 nitrogen and oxygen atoms in total. The molecular formula is C16H25NO. The van der Waals surface area contributed by atoms with Crippen molar-refractivity contribution in [3.63, 3.8) is 0 Å². The van der Waals surface area contributed by atoms with Gasteiger partial charge in [-0.25, -0.2) is 0 Å². The molecule has 0 spiro atoms. The van der Waals surface area contributed by atoms with Gasteiger partial charge in [0.2, 0.25) is 0 Å². The van der Waals surface area contributed by atoms with E-state index >= 15 is 0 Å². The second kappa shape index (κ2) is 6.24. The van der Waals surface area contributed by atoms with Gasteiger partial charge in [0.05, 0.1) is 6.61 Å². The van der Waals surface area contributed by atoms with Gasteiger partial charge in [-0.15, -0.1) is 0 Å². The van der Waals surface area contributed by atoms with Crippen LogP contribution in [0.5, 0.6) is 5.75 Å². The third kappa shape index (κ3) is 3.05. The normalized spacial score (nSPS) is 15.6. The van der Waals surface area contributed by atoms with Crippen molar-refractivity contribution in [3.05, 3.63) is 29.3 Å². The Morgan fingerprint density at radius 3 is 2.78 bits per heavy atom. The summed E-state index contributed by atoms with van der Waals surface area (Å²) in [6.45, 7) is 8.66. The van der Waals surface area contributed by atoms with E-state index in [-0.39, 0.29) is 0 Å². The molecule has 0 bridgehead atoms. The Balaban J connectivity index is 1.90. The van der Waals surface area contributed by atoms with E-state index in [1.54, 1.807) is 0 Å². The summed E-state index contributed by atoms with van der Waals surface area (Å²) in [7, 11) is 0. The molecule has 1 unspecified atom stereocenters. The van der Waals surface area contributed by atoms with Crippen molar-refractivity contribution in [1.29, 1.82) is 0 Å². The fourth-order valence-electron chi connectivity index (χ4n) is 2.79. The highest BCUT2D eigenvalue weighted by Crippen LogP contribution is 2.26. The van der Waals surface area contributed by atoms with Gasteiger partial charge in [0.1, 0.15) is 5.75 Å². The Morgan fingerprint density at radius 2 is 2.06 bits per heavy atom.